The largest absolute Gasteiger partial charge is 0.490 e. The SMILES string of the molecule is Fc1c(OCC2=CC[C@H](C3CCC(CCC4CC4)CC3)CC2)ccc(OCC2CC2)c1F. The molecule has 0 amide bonds. The van der Waals surface area contributed by atoms with E-state index in [0.717, 1.165) is 49.4 Å². The molecule has 0 unspecified atom stereocenters. The minimum Gasteiger partial charge on any atom is -0.490 e. The summed E-state index contributed by atoms with van der Waals surface area (Å²) in [6, 6.07) is 2.98. The fraction of sp³-hybridized carbons (Fsp3) is 0.714. The van der Waals surface area contributed by atoms with Crippen molar-refractivity contribution >= 4 is 0 Å². The third-order valence-electron chi connectivity index (χ3n) is 8.38. The Morgan fingerprint density at radius 3 is 1.84 bits per heavy atom. The molecule has 0 heterocycles. The molecule has 0 saturated heterocycles. The number of benzene rings is 1. The first-order valence-electron chi connectivity index (χ1n) is 13.1. The van der Waals surface area contributed by atoms with Crippen LogP contribution >= 0.6 is 0 Å². The Labute approximate surface area is 191 Å². The predicted octanol–water partition coefficient (Wildman–Crippen LogP) is 7.86. The van der Waals surface area contributed by atoms with Crippen LogP contribution in [0.4, 0.5) is 8.78 Å². The molecular formula is C28H38F2O2. The summed E-state index contributed by atoms with van der Waals surface area (Å²) in [5.41, 5.74) is 1.22. The molecule has 0 spiro atoms. The molecule has 0 N–H and O–H groups in total. The van der Waals surface area contributed by atoms with Gasteiger partial charge < -0.3 is 9.47 Å². The molecular weight excluding hydrogens is 406 g/mol. The van der Waals surface area contributed by atoms with Gasteiger partial charge >= 0.3 is 0 Å². The highest BCUT2D eigenvalue weighted by atomic mass is 19.2. The van der Waals surface area contributed by atoms with Gasteiger partial charge in [-0.15, -0.1) is 0 Å². The van der Waals surface area contributed by atoms with Crippen molar-refractivity contribution in [3.63, 3.8) is 0 Å². The van der Waals surface area contributed by atoms with Gasteiger partial charge in [-0.2, -0.15) is 8.78 Å². The summed E-state index contributed by atoms with van der Waals surface area (Å²) in [5.74, 6) is 2.31. The molecule has 0 aliphatic heterocycles. The maximum Gasteiger partial charge on any atom is 0.204 e. The highest BCUT2D eigenvalue weighted by Crippen LogP contribution is 2.43. The Bertz CT molecular complexity index is 804. The standard InChI is InChI=1S/C28H38F2O2/c29-27-25(31-17-21-5-6-21)15-16-26(28(27)30)32-18-22-9-13-24(14-10-22)23-11-7-20(8-12-23)4-3-19-1-2-19/h9,15-16,19-21,23-24H,1-8,10-14,17-18H2/t20?,23?,24-/m0/s1. The molecule has 32 heavy (non-hydrogen) atoms. The number of ether oxygens (including phenoxy) is 2. The smallest absolute Gasteiger partial charge is 0.204 e. The molecule has 2 nitrogen and oxygen atoms in total. The van der Waals surface area contributed by atoms with Crippen molar-refractivity contribution in [2.75, 3.05) is 13.2 Å². The zero-order valence-electron chi connectivity index (χ0n) is 19.3. The van der Waals surface area contributed by atoms with Crippen LogP contribution in [-0.2, 0) is 0 Å². The molecule has 3 fully saturated rings. The van der Waals surface area contributed by atoms with Gasteiger partial charge in [-0.1, -0.05) is 44.6 Å². The molecule has 5 rings (SSSR count). The molecule has 4 aliphatic rings. The molecule has 1 atom stereocenters. The van der Waals surface area contributed by atoms with Gasteiger partial charge in [0, 0.05) is 0 Å². The van der Waals surface area contributed by atoms with Crippen LogP contribution in [0.1, 0.15) is 83.5 Å². The second kappa shape index (κ2) is 10.1. The van der Waals surface area contributed by atoms with Crippen molar-refractivity contribution in [3.8, 4) is 11.5 Å². The summed E-state index contributed by atoms with van der Waals surface area (Å²) in [6.45, 7) is 0.812. The minimum absolute atomic E-state index is 0.0104. The van der Waals surface area contributed by atoms with Crippen molar-refractivity contribution in [1.82, 2.24) is 0 Å². The first-order valence-corrected chi connectivity index (χ1v) is 13.1. The van der Waals surface area contributed by atoms with Gasteiger partial charge in [0.05, 0.1) is 6.61 Å². The second-order valence-corrected chi connectivity index (χ2v) is 10.9. The number of allylic oxidation sites excluding steroid dienone is 1. The highest BCUT2D eigenvalue weighted by Gasteiger charge is 2.30. The lowest BCUT2D eigenvalue weighted by Gasteiger charge is -2.35. The molecule has 4 aliphatic carbocycles. The fourth-order valence-electron chi connectivity index (χ4n) is 5.69. The van der Waals surface area contributed by atoms with Gasteiger partial charge in [0.15, 0.2) is 11.5 Å². The van der Waals surface area contributed by atoms with Crippen molar-refractivity contribution in [3.05, 3.63) is 35.4 Å². The van der Waals surface area contributed by atoms with Crippen molar-refractivity contribution in [2.45, 2.75) is 83.5 Å². The first-order chi connectivity index (χ1) is 15.7. The number of hydrogen-bond acceptors (Lipinski definition) is 2. The Balaban J connectivity index is 1.05. The number of rotatable bonds is 10. The Morgan fingerprint density at radius 2 is 1.28 bits per heavy atom. The fourth-order valence-corrected chi connectivity index (χ4v) is 5.69. The van der Waals surface area contributed by atoms with Gasteiger partial charge in [0.1, 0.15) is 6.61 Å². The van der Waals surface area contributed by atoms with Gasteiger partial charge in [-0.25, -0.2) is 0 Å². The molecule has 1 aromatic carbocycles. The van der Waals surface area contributed by atoms with E-state index in [4.69, 9.17) is 9.47 Å². The number of halogens is 2. The van der Waals surface area contributed by atoms with Crippen LogP contribution in [0.15, 0.2) is 23.8 Å². The van der Waals surface area contributed by atoms with Crippen LogP contribution < -0.4 is 9.47 Å². The molecule has 176 valence electrons. The van der Waals surface area contributed by atoms with Crippen LogP contribution in [0.5, 0.6) is 11.5 Å². The van der Waals surface area contributed by atoms with E-state index < -0.39 is 11.6 Å². The molecule has 0 radical (unpaired) electrons. The van der Waals surface area contributed by atoms with E-state index in [1.165, 1.54) is 75.5 Å². The quantitative estimate of drug-likeness (QED) is 0.342. The summed E-state index contributed by atoms with van der Waals surface area (Å²) in [4.78, 5) is 0. The Kier molecular flexibility index (Phi) is 7.04. The normalized spacial score (nSPS) is 28.3. The maximum absolute atomic E-state index is 14.4. The van der Waals surface area contributed by atoms with Gasteiger partial charge in [-0.05, 0) is 92.2 Å². The topological polar surface area (TPSA) is 18.5 Å². The lowest BCUT2D eigenvalue weighted by molar-refractivity contribution is 0.182. The van der Waals surface area contributed by atoms with E-state index in [0.29, 0.717) is 19.1 Å². The van der Waals surface area contributed by atoms with Crippen LogP contribution in [0.2, 0.25) is 0 Å². The maximum atomic E-state index is 14.4. The van der Waals surface area contributed by atoms with E-state index in [2.05, 4.69) is 6.08 Å². The van der Waals surface area contributed by atoms with Crippen LogP contribution in [0.25, 0.3) is 0 Å². The van der Waals surface area contributed by atoms with E-state index in [1.807, 2.05) is 0 Å². The van der Waals surface area contributed by atoms with Crippen LogP contribution in [-0.4, -0.2) is 13.2 Å². The van der Waals surface area contributed by atoms with Gasteiger partial charge in [0.2, 0.25) is 11.6 Å². The van der Waals surface area contributed by atoms with E-state index >= 15 is 0 Å². The molecule has 1 aromatic rings. The highest BCUT2D eigenvalue weighted by molar-refractivity contribution is 5.35. The van der Waals surface area contributed by atoms with E-state index in [-0.39, 0.29) is 11.5 Å². The summed E-state index contributed by atoms with van der Waals surface area (Å²) < 4.78 is 39.7. The predicted molar refractivity (Wildman–Crippen MR) is 123 cm³/mol. The Hall–Kier alpha value is -1.58. The van der Waals surface area contributed by atoms with Gasteiger partial charge in [-0.3, -0.25) is 0 Å². The van der Waals surface area contributed by atoms with E-state index in [9.17, 15) is 8.78 Å². The zero-order valence-corrected chi connectivity index (χ0v) is 19.3. The molecule has 4 heteroatoms. The monoisotopic (exact) mass is 444 g/mol. The zero-order chi connectivity index (χ0) is 21.9. The number of hydrogen-bond donors (Lipinski definition) is 0. The third kappa shape index (κ3) is 5.85. The van der Waals surface area contributed by atoms with Crippen molar-refractivity contribution in [2.24, 2.45) is 29.6 Å². The van der Waals surface area contributed by atoms with Crippen LogP contribution in [0.3, 0.4) is 0 Å². The second-order valence-electron chi connectivity index (χ2n) is 10.9. The Morgan fingerprint density at radius 1 is 0.688 bits per heavy atom. The average Bonchev–Trinajstić information content (AvgIpc) is 3.74. The van der Waals surface area contributed by atoms with Crippen molar-refractivity contribution in [1.29, 1.82) is 0 Å². The lowest BCUT2D eigenvalue weighted by Crippen LogP contribution is -2.24. The molecule has 0 aromatic heterocycles. The summed E-state index contributed by atoms with van der Waals surface area (Å²) in [7, 11) is 0. The lowest BCUT2D eigenvalue weighted by atomic mass is 9.70. The summed E-state index contributed by atoms with van der Waals surface area (Å²) in [6.07, 6.45) is 19.4. The third-order valence-corrected chi connectivity index (χ3v) is 8.38. The van der Waals surface area contributed by atoms with E-state index in [1.54, 1.807) is 0 Å². The summed E-state index contributed by atoms with van der Waals surface area (Å²) in [5, 5.41) is 0. The van der Waals surface area contributed by atoms with Crippen LogP contribution in [0, 0.1) is 41.2 Å². The van der Waals surface area contributed by atoms with Gasteiger partial charge in [0.25, 0.3) is 0 Å². The van der Waals surface area contributed by atoms with Crippen molar-refractivity contribution < 1.29 is 18.3 Å². The summed E-state index contributed by atoms with van der Waals surface area (Å²) >= 11 is 0. The minimum atomic E-state index is -0.939. The molecule has 3 saturated carbocycles. The molecule has 0 bridgehead atoms. The first kappa shape index (κ1) is 22.2. The average molecular weight is 445 g/mol.